The van der Waals surface area contributed by atoms with Crippen molar-refractivity contribution in [2.45, 2.75) is 19.1 Å². The van der Waals surface area contributed by atoms with Crippen molar-refractivity contribution >= 4 is 23.2 Å². The minimum Gasteiger partial charge on any atom is -0.351 e. The minimum atomic E-state index is -0.878. The van der Waals surface area contributed by atoms with Crippen LogP contribution in [0.1, 0.15) is 13.3 Å². The fraction of sp³-hybridized carbons (Fsp3) is 0.364. The second-order valence-electron chi connectivity index (χ2n) is 3.77. The van der Waals surface area contributed by atoms with E-state index in [4.69, 9.17) is 21.2 Å². The topological polar surface area (TPSA) is 38.8 Å². The zero-order valence-corrected chi connectivity index (χ0v) is 9.82. The third-order valence-electron chi connectivity index (χ3n) is 2.48. The van der Waals surface area contributed by atoms with Crippen molar-refractivity contribution in [3.05, 3.63) is 29.3 Å². The third kappa shape index (κ3) is 2.04. The monoisotopic (exact) mass is 241 g/mol. The molecule has 1 aromatic carbocycles. The molecule has 0 spiro atoms. The van der Waals surface area contributed by atoms with Crippen molar-refractivity contribution in [3.63, 3.8) is 0 Å². The summed E-state index contributed by atoms with van der Waals surface area (Å²) in [6, 6.07) is 6.86. The Morgan fingerprint density at radius 1 is 1.44 bits per heavy atom. The van der Waals surface area contributed by atoms with Gasteiger partial charge in [-0.05, 0) is 31.2 Å². The highest BCUT2D eigenvalue weighted by Crippen LogP contribution is 2.31. The van der Waals surface area contributed by atoms with E-state index in [2.05, 4.69) is 0 Å². The first kappa shape index (κ1) is 11.4. The van der Waals surface area contributed by atoms with Crippen LogP contribution in [0.5, 0.6) is 0 Å². The molecule has 2 rings (SSSR count). The van der Waals surface area contributed by atoms with Gasteiger partial charge in [0.05, 0.1) is 12.1 Å². The standard InChI is InChI=1S/C11H12ClNO3/c1-11(15-2)7-10(14)13(16-11)9-5-3-8(12)4-6-9/h3-6H,7H2,1-2H3. The highest BCUT2D eigenvalue weighted by Gasteiger charge is 2.42. The molecule has 1 heterocycles. The molecular weight excluding hydrogens is 230 g/mol. The van der Waals surface area contributed by atoms with Crippen molar-refractivity contribution in [1.29, 1.82) is 0 Å². The van der Waals surface area contributed by atoms with Crippen LogP contribution < -0.4 is 5.06 Å². The molecule has 0 N–H and O–H groups in total. The van der Waals surface area contributed by atoms with E-state index in [1.54, 1.807) is 31.2 Å². The molecule has 0 aromatic heterocycles. The maximum Gasteiger partial charge on any atom is 0.256 e. The molecule has 1 fully saturated rings. The van der Waals surface area contributed by atoms with Gasteiger partial charge in [-0.25, -0.2) is 4.84 Å². The van der Waals surface area contributed by atoms with Gasteiger partial charge in [0.25, 0.3) is 5.91 Å². The first-order chi connectivity index (χ1) is 7.54. The summed E-state index contributed by atoms with van der Waals surface area (Å²) in [4.78, 5) is 17.2. The molecule has 1 atom stereocenters. The van der Waals surface area contributed by atoms with Crippen molar-refractivity contribution < 1.29 is 14.4 Å². The Kier molecular flexibility index (Phi) is 2.88. The van der Waals surface area contributed by atoms with Crippen LogP contribution in [0.3, 0.4) is 0 Å². The van der Waals surface area contributed by atoms with Gasteiger partial charge in [-0.3, -0.25) is 4.79 Å². The van der Waals surface area contributed by atoms with Crippen LogP contribution in [-0.2, 0) is 14.4 Å². The number of halogens is 1. The third-order valence-corrected chi connectivity index (χ3v) is 2.73. The number of methoxy groups -OCH3 is 1. The lowest BCUT2D eigenvalue weighted by Crippen LogP contribution is -2.29. The maximum absolute atomic E-state index is 11.7. The number of hydroxylamine groups is 1. The van der Waals surface area contributed by atoms with Crippen LogP contribution in [-0.4, -0.2) is 18.8 Å². The summed E-state index contributed by atoms with van der Waals surface area (Å²) in [5.74, 6) is -1.01. The normalized spacial score (nSPS) is 25.2. The van der Waals surface area contributed by atoms with Crippen molar-refractivity contribution in [1.82, 2.24) is 0 Å². The number of hydrogen-bond donors (Lipinski definition) is 0. The average Bonchev–Trinajstić information content (AvgIpc) is 2.57. The van der Waals surface area contributed by atoms with E-state index in [0.29, 0.717) is 10.7 Å². The summed E-state index contributed by atoms with van der Waals surface area (Å²) in [6.45, 7) is 1.72. The van der Waals surface area contributed by atoms with Crippen molar-refractivity contribution in [2.75, 3.05) is 12.2 Å². The van der Waals surface area contributed by atoms with Crippen molar-refractivity contribution in [3.8, 4) is 0 Å². The Morgan fingerprint density at radius 3 is 2.56 bits per heavy atom. The van der Waals surface area contributed by atoms with Crippen LogP contribution in [0.2, 0.25) is 5.02 Å². The van der Waals surface area contributed by atoms with Crippen LogP contribution in [0.25, 0.3) is 0 Å². The average molecular weight is 242 g/mol. The van der Waals surface area contributed by atoms with Gasteiger partial charge in [-0.2, -0.15) is 5.06 Å². The van der Waals surface area contributed by atoms with Gasteiger partial charge in [-0.15, -0.1) is 0 Å². The van der Waals surface area contributed by atoms with Crippen LogP contribution in [0.15, 0.2) is 24.3 Å². The molecule has 4 nitrogen and oxygen atoms in total. The van der Waals surface area contributed by atoms with E-state index in [-0.39, 0.29) is 12.3 Å². The van der Waals surface area contributed by atoms with Gasteiger partial charge in [0, 0.05) is 12.1 Å². The summed E-state index contributed by atoms with van der Waals surface area (Å²) in [7, 11) is 1.51. The van der Waals surface area contributed by atoms with Gasteiger partial charge < -0.3 is 4.74 Å². The second-order valence-corrected chi connectivity index (χ2v) is 4.21. The molecule has 5 heteroatoms. The molecular formula is C11H12ClNO3. The predicted molar refractivity (Wildman–Crippen MR) is 60.1 cm³/mol. The zero-order valence-electron chi connectivity index (χ0n) is 9.07. The Hall–Kier alpha value is -1.10. The van der Waals surface area contributed by atoms with Gasteiger partial charge >= 0.3 is 0 Å². The zero-order chi connectivity index (χ0) is 11.8. The molecule has 1 aliphatic heterocycles. The molecule has 0 aliphatic carbocycles. The molecule has 1 saturated heterocycles. The molecule has 0 radical (unpaired) electrons. The Morgan fingerprint density at radius 2 is 2.06 bits per heavy atom. The maximum atomic E-state index is 11.7. The van der Waals surface area contributed by atoms with E-state index < -0.39 is 5.79 Å². The molecule has 0 bridgehead atoms. The lowest BCUT2D eigenvalue weighted by atomic mass is 10.2. The van der Waals surface area contributed by atoms with Crippen LogP contribution in [0.4, 0.5) is 5.69 Å². The second kappa shape index (κ2) is 4.05. The highest BCUT2D eigenvalue weighted by molar-refractivity contribution is 6.30. The molecule has 16 heavy (non-hydrogen) atoms. The highest BCUT2D eigenvalue weighted by atomic mass is 35.5. The van der Waals surface area contributed by atoms with Gasteiger partial charge in [0.1, 0.15) is 0 Å². The van der Waals surface area contributed by atoms with E-state index in [9.17, 15) is 4.79 Å². The van der Waals surface area contributed by atoms with E-state index in [1.807, 2.05) is 0 Å². The largest absolute Gasteiger partial charge is 0.351 e. The first-order valence-electron chi connectivity index (χ1n) is 4.87. The lowest BCUT2D eigenvalue weighted by molar-refractivity contribution is -0.186. The number of ether oxygens (including phenoxy) is 1. The summed E-state index contributed by atoms with van der Waals surface area (Å²) in [6.07, 6.45) is 0.201. The van der Waals surface area contributed by atoms with Gasteiger partial charge in [0.2, 0.25) is 5.79 Å². The number of benzene rings is 1. The fourth-order valence-corrected chi connectivity index (χ4v) is 1.63. The van der Waals surface area contributed by atoms with Gasteiger partial charge in [0.15, 0.2) is 0 Å². The molecule has 86 valence electrons. The molecule has 1 aromatic rings. The van der Waals surface area contributed by atoms with Crippen LogP contribution in [0, 0.1) is 0 Å². The fourth-order valence-electron chi connectivity index (χ4n) is 1.51. The quantitative estimate of drug-likeness (QED) is 0.798. The van der Waals surface area contributed by atoms with Crippen molar-refractivity contribution in [2.24, 2.45) is 0 Å². The number of anilines is 1. The smallest absolute Gasteiger partial charge is 0.256 e. The lowest BCUT2D eigenvalue weighted by Gasteiger charge is -2.22. The van der Waals surface area contributed by atoms with E-state index in [1.165, 1.54) is 12.2 Å². The number of nitrogens with zero attached hydrogens (tertiary/aromatic N) is 1. The molecule has 1 unspecified atom stereocenters. The van der Waals surface area contributed by atoms with E-state index in [0.717, 1.165) is 0 Å². The summed E-state index contributed by atoms with van der Waals surface area (Å²) >= 11 is 5.77. The first-order valence-corrected chi connectivity index (χ1v) is 5.25. The Balaban J connectivity index is 2.23. The van der Waals surface area contributed by atoms with Crippen LogP contribution >= 0.6 is 11.6 Å². The molecule has 1 amide bonds. The van der Waals surface area contributed by atoms with Gasteiger partial charge in [-0.1, -0.05) is 11.6 Å². The summed E-state index contributed by atoms with van der Waals surface area (Å²) < 4.78 is 5.13. The number of rotatable bonds is 2. The minimum absolute atomic E-state index is 0.133. The number of amides is 1. The number of hydrogen-bond acceptors (Lipinski definition) is 3. The Labute approximate surface area is 98.7 Å². The molecule has 0 saturated carbocycles. The predicted octanol–water partition coefficient (Wildman–Crippen LogP) is 2.37. The SMILES string of the molecule is COC1(C)CC(=O)N(c2ccc(Cl)cc2)O1. The number of carbonyl (C=O) groups excluding carboxylic acids is 1. The van der Waals surface area contributed by atoms with E-state index >= 15 is 0 Å². The number of carbonyl (C=O) groups is 1. The Bertz CT molecular complexity index is 406. The summed E-state index contributed by atoms with van der Waals surface area (Å²) in [5, 5.41) is 1.85. The molecule has 1 aliphatic rings. The summed E-state index contributed by atoms with van der Waals surface area (Å²) in [5.41, 5.74) is 0.648.